The Morgan fingerprint density at radius 2 is 1.74 bits per heavy atom. The van der Waals surface area contributed by atoms with Gasteiger partial charge in [-0.15, -0.1) is 24.0 Å². The van der Waals surface area contributed by atoms with Crippen molar-refractivity contribution in [3.05, 3.63) is 29.8 Å². The van der Waals surface area contributed by atoms with E-state index in [0.717, 1.165) is 11.3 Å². The monoisotopic (exact) mass is 490 g/mol. The highest BCUT2D eigenvalue weighted by Gasteiger charge is 2.06. The topological polar surface area (TPSA) is 97.9 Å². The van der Waals surface area contributed by atoms with Crippen LogP contribution in [0.4, 0.5) is 10.5 Å². The number of hydrogen-bond donors (Lipinski definition) is 4. The Balaban J connectivity index is 0.00000676. The van der Waals surface area contributed by atoms with Gasteiger partial charge in [-0.1, -0.05) is 12.1 Å². The number of nitrogens with one attached hydrogen (secondary N) is 4. The Kier molecular flexibility index (Phi) is 12.2. The molecular formula is C18H31IN6O2. The first-order chi connectivity index (χ1) is 12.3. The summed E-state index contributed by atoms with van der Waals surface area (Å²) in [6.07, 6.45) is 0. The first-order valence-electron chi connectivity index (χ1n) is 8.70. The first kappa shape index (κ1) is 25.0. The van der Waals surface area contributed by atoms with Crippen molar-refractivity contribution in [2.24, 2.45) is 4.99 Å². The molecule has 152 valence electrons. The van der Waals surface area contributed by atoms with E-state index in [1.807, 2.05) is 45.0 Å². The summed E-state index contributed by atoms with van der Waals surface area (Å²) in [5.41, 5.74) is 1.72. The largest absolute Gasteiger partial charge is 0.357 e. The molecule has 0 spiro atoms. The van der Waals surface area contributed by atoms with Crippen molar-refractivity contribution in [1.82, 2.24) is 20.9 Å². The van der Waals surface area contributed by atoms with Crippen LogP contribution in [0.3, 0.4) is 0 Å². The maximum absolute atomic E-state index is 11.7. The van der Waals surface area contributed by atoms with Crippen LogP contribution in [0.15, 0.2) is 29.3 Å². The number of nitrogens with zero attached hydrogens (tertiary/aromatic N) is 2. The lowest BCUT2D eigenvalue weighted by atomic mass is 10.2. The van der Waals surface area contributed by atoms with Gasteiger partial charge in [0.2, 0.25) is 5.91 Å². The molecule has 0 saturated heterocycles. The third-order valence-corrected chi connectivity index (χ3v) is 3.30. The van der Waals surface area contributed by atoms with Crippen molar-refractivity contribution in [3.8, 4) is 0 Å². The van der Waals surface area contributed by atoms with Crippen LogP contribution >= 0.6 is 24.0 Å². The maximum Gasteiger partial charge on any atom is 0.319 e. The Hall–Kier alpha value is -2.04. The quantitative estimate of drug-likeness (QED) is 0.267. The number of rotatable bonds is 7. The number of amides is 3. The predicted molar refractivity (Wildman–Crippen MR) is 121 cm³/mol. The lowest BCUT2D eigenvalue weighted by Crippen LogP contribution is -2.42. The van der Waals surface area contributed by atoms with Gasteiger partial charge in [0.1, 0.15) is 0 Å². The van der Waals surface area contributed by atoms with Crippen LogP contribution in [0.1, 0.15) is 26.3 Å². The number of anilines is 1. The van der Waals surface area contributed by atoms with Crippen LogP contribution in [0.25, 0.3) is 0 Å². The van der Waals surface area contributed by atoms with E-state index in [2.05, 4.69) is 26.3 Å². The standard InChI is InChI=1S/C18H30N6O2.HI/c1-6-19-17(21-12-16(25)24(4)5)20-11-14-7-9-15(10-8-14)23-18(26)22-13(2)3;/h7-10,13H,6,11-12H2,1-5H3,(H2,19,20,21)(H2,22,23,26);1H. The van der Waals surface area contributed by atoms with Crippen molar-refractivity contribution < 1.29 is 9.59 Å². The minimum absolute atomic E-state index is 0. The summed E-state index contributed by atoms with van der Waals surface area (Å²) < 4.78 is 0. The van der Waals surface area contributed by atoms with Gasteiger partial charge < -0.3 is 26.2 Å². The summed E-state index contributed by atoms with van der Waals surface area (Å²) in [5, 5.41) is 11.7. The van der Waals surface area contributed by atoms with Crippen molar-refractivity contribution in [1.29, 1.82) is 0 Å². The van der Waals surface area contributed by atoms with Gasteiger partial charge in [0, 0.05) is 32.4 Å². The molecule has 0 aliphatic rings. The minimum Gasteiger partial charge on any atom is -0.357 e. The number of halogens is 1. The van der Waals surface area contributed by atoms with E-state index in [-0.39, 0.29) is 48.5 Å². The molecule has 0 atom stereocenters. The SMILES string of the molecule is CCNC(=NCc1ccc(NC(=O)NC(C)C)cc1)NCC(=O)N(C)C.I. The summed E-state index contributed by atoms with van der Waals surface area (Å²) in [5.74, 6) is 0.562. The third kappa shape index (κ3) is 10.6. The summed E-state index contributed by atoms with van der Waals surface area (Å²) in [6, 6.07) is 7.34. The molecule has 1 aromatic rings. The summed E-state index contributed by atoms with van der Waals surface area (Å²) in [4.78, 5) is 29.3. The molecule has 0 fully saturated rings. The average molecular weight is 490 g/mol. The number of hydrogen-bond acceptors (Lipinski definition) is 3. The maximum atomic E-state index is 11.7. The van der Waals surface area contributed by atoms with Gasteiger partial charge in [-0.25, -0.2) is 9.79 Å². The van der Waals surface area contributed by atoms with Crippen molar-refractivity contribution >= 4 is 47.6 Å². The summed E-state index contributed by atoms with van der Waals surface area (Å²) in [7, 11) is 3.43. The molecule has 0 heterocycles. The Bertz CT molecular complexity index is 617. The van der Waals surface area contributed by atoms with Gasteiger partial charge in [0.15, 0.2) is 5.96 Å². The number of aliphatic imine (C=N–C) groups is 1. The molecule has 9 heteroatoms. The number of guanidine groups is 1. The van der Waals surface area contributed by atoms with Crippen LogP contribution in [0.2, 0.25) is 0 Å². The molecule has 3 amide bonds. The van der Waals surface area contributed by atoms with E-state index in [1.54, 1.807) is 14.1 Å². The Morgan fingerprint density at radius 1 is 1.11 bits per heavy atom. The molecule has 1 rings (SSSR count). The zero-order valence-electron chi connectivity index (χ0n) is 16.6. The fourth-order valence-corrected chi connectivity index (χ4v) is 1.95. The smallest absolute Gasteiger partial charge is 0.319 e. The van der Waals surface area contributed by atoms with E-state index in [1.165, 1.54) is 4.90 Å². The molecule has 27 heavy (non-hydrogen) atoms. The Labute approximate surface area is 178 Å². The fraction of sp³-hybridized carbons (Fsp3) is 0.500. The molecule has 0 aliphatic carbocycles. The highest BCUT2D eigenvalue weighted by atomic mass is 127. The zero-order valence-corrected chi connectivity index (χ0v) is 19.0. The molecule has 0 aromatic heterocycles. The van der Waals surface area contributed by atoms with Crippen LogP contribution in [0.5, 0.6) is 0 Å². The molecule has 8 nitrogen and oxygen atoms in total. The van der Waals surface area contributed by atoms with E-state index in [0.29, 0.717) is 19.0 Å². The number of carbonyl (C=O) groups is 2. The fourth-order valence-electron chi connectivity index (χ4n) is 1.95. The van der Waals surface area contributed by atoms with Crippen LogP contribution in [0, 0.1) is 0 Å². The lowest BCUT2D eigenvalue weighted by Gasteiger charge is -2.14. The van der Waals surface area contributed by atoms with Gasteiger partial charge in [0.05, 0.1) is 13.1 Å². The van der Waals surface area contributed by atoms with Crippen molar-refractivity contribution in [2.75, 3.05) is 32.5 Å². The van der Waals surface area contributed by atoms with E-state index < -0.39 is 0 Å². The number of urea groups is 1. The molecule has 1 aromatic carbocycles. The second-order valence-corrected chi connectivity index (χ2v) is 6.29. The van der Waals surface area contributed by atoms with Crippen LogP contribution in [-0.4, -0.2) is 56.0 Å². The molecule has 0 aliphatic heterocycles. The van der Waals surface area contributed by atoms with Crippen LogP contribution in [-0.2, 0) is 11.3 Å². The second kappa shape index (κ2) is 13.2. The van der Waals surface area contributed by atoms with Gasteiger partial charge >= 0.3 is 6.03 Å². The predicted octanol–water partition coefficient (Wildman–Crippen LogP) is 1.98. The second-order valence-electron chi connectivity index (χ2n) is 6.29. The lowest BCUT2D eigenvalue weighted by molar-refractivity contribution is -0.127. The van der Waals surface area contributed by atoms with Gasteiger partial charge in [-0.2, -0.15) is 0 Å². The van der Waals surface area contributed by atoms with Gasteiger partial charge in [0.25, 0.3) is 0 Å². The van der Waals surface area contributed by atoms with Crippen molar-refractivity contribution in [3.63, 3.8) is 0 Å². The number of benzene rings is 1. The molecule has 0 saturated carbocycles. The first-order valence-corrected chi connectivity index (χ1v) is 8.70. The highest BCUT2D eigenvalue weighted by molar-refractivity contribution is 14.0. The van der Waals surface area contributed by atoms with E-state index in [9.17, 15) is 9.59 Å². The summed E-state index contributed by atoms with van der Waals surface area (Å²) in [6.45, 7) is 7.13. The number of likely N-dealkylation sites (N-methyl/N-ethyl adjacent to an activating group) is 1. The molecule has 0 bridgehead atoms. The van der Waals surface area contributed by atoms with Crippen molar-refractivity contribution in [2.45, 2.75) is 33.4 Å². The zero-order chi connectivity index (χ0) is 19.5. The molecule has 4 N–H and O–H groups in total. The normalized spacial score (nSPS) is 10.7. The Morgan fingerprint density at radius 3 is 2.26 bits per heavy atom. The highest BCUT2D eigenvalue weighted by Crippen LogP contribution is 2.10. The third-order valence-electron chi connectivity index (χ3n) is 3.30. The van der Waals surface area contributed by atoms with Crippen LogP contribution < -0.4 is 21.3 Å². The summed E-state index contributed by atoms with van der Waals surface area (Å²) >= 11 is 0. The average Bonchev–Trinajstić information content (AvgIpc) is 2.57. The van der Waals surface area contributed by atoms with Gasteiger partial charge in [-0.3, -0.25) is 4.79 Å². The van der Waals surface area contributed by atoms with Gasteiger partial charge in [-0.05, 0) is 38.5 Å². The minimum atomic E-state index is -0.227. The molecule has 0 radical (unpaired) electrons. The molecular weight excluding hydrogens is 459 g/mol. The number of carbonyl (C=O) groups excluding carboxylic acids is 2. The molecule has 0 unspecified atom stereocenters. The van der Waals surface area contributed by atoms with E-state index in [4.69, 9.17) is 0 Å². The van der Waals surface area contributed by atoms with E-state index >= 15 is 0 Å².